The fourth-order valence-corrected chi connectivity index (χ4v) is 7.64. The van der Waals surface area contributed by atoms with Gasteiger partial charge in [-0.1, -0.05) is 70.8 Å². The molecule has 0 aliphatic carbocycles. The molecule has 27 heteroatoms. The van der Waals surface area contributed by atoms with E-state index in [1.165, 1.54) is 48.5 Å². The Morgan fingerprint density at radius 3 is 1.21 bits per heavy atom. The van der Waals surface area contributed by atoms with Gasteiger partial charge < -0.3 is 32.0 Å². The zero-order valence-electron chi connectivity index (χ0n) is 45.1. The molecule has 0 aromatic heterocycles. The first kappa shape index (κ1) is 72.0. The third kappa shape index (κ3) is 36.2. The van der Waals surface area contributed by atoms with Crippen LogP contribution in [-0.4, -0.2) is 133 Å². The summed E-state index contributed by atoms with van der Waals surface area (Å²) in [6.45, 7) is 15.4. The molecule has 78 heavy (non-hydrogen) atoms. The largest absolute Gasteiger partial charge is 0.464 e. The normalized spacial score (nSPS) is 12.7. The van der Waals surface area contributed by atoms with Gasteiger partial charge in [-0.3, -0.25) is 38.0 Å². The molecule has 436 valence electrons. The van der Waals surface area contributed by atoms with Crippen LogP contribution in [0.2, 0.25) is 0 Å². The molecule has 0 bridgehead atoms. The van der Waals surface area contributed by atoms with Crippen molar-refractivity contribution in [2.24, 2.45) is 32.2 Å². The number of nitrogens with one attached hydrogen (secondary N) is 1. The van der Waals surface area contributed by atoms with Gasteiger partial charge in [0.2, 0.25) is 5.91 Å². The molecule has 2 atom stereocenters. The van der Waals surface area contributed by atoms with E-state index in [0.717, 1.165) is 47.9 Å². The Balaban J connectivity index is 0.00000108. The lowest BCUT2D eigenvalue weighted by Gasteiger charge is -2.12. The molecule has 0 aliphatic rings. The molecule has 23 nitrogen and oxygen atoms in total. The Kier molecular flexibility index (Phi) is 34.8. The average Bonchev–Trinajstić information content (AvgIpc) is 3.34. The number of carbonyl (C=O) groups excluding carboxylic acids is 2. The van der Waals surface area contributed by atoms with Gasteiger partial charge in [0.15, 0.2) is 0 Å². The summed E-state index contributed by atoms with van der Waals surface area (Å²) in [5.41, 5.74) is 20.7. The van der Waals surface area contributed by atoms with Crippen LogP contribution in [0.4, 0.5) is 0 Å². The lowest BCUT2D eigenvalue weighted by atomic mass is 10.1. The number of esters is 1. The van der Waals surface area contributed by atoms with Crippen LogP contribution in [0.1, 0.15) is 88.0 Å². The number of aryl methyl sites for hydroxylation is 4. The van der Waals surface area contributed by atoms with E-state index in [9.17, 15) is 43.3 Å². The lowest BCUT2D eigenvalue weighted by molar-refractivity contribution is -0.144. The SMILES string of the molecule is CCOC(=O)C(CCCCN=C(C)N)N=CCCOCCNC(=O)C(N)CCCCN=C(C)N.Cc1ccc(S(=O)(=O)O)cc1.Cc1ccc(S(=O)(=O)O)cc1.Cc1ccc(S(=O)(=O)O)cc1.Cc1ccc(S(=O)(=O)O)cc1. The first-order valence-electron chi connectivity index (χ1n) is 24.3. The number of amidine groups is 2. The number of nitrogens with two attached hydrogens (primary N) is 3. The van der Waals surface area contributed by atoms with Crippen molar-refractivity contribution in [1.82, 2.24) is 5.32 Å². The summed E-state index contributed by atoms with van der Waals surface area (Å²) in [7, 11) is -16.1. The Morgan fingerprint density at radius 1 is 0.564 bits per heavy atom. The molecule has 4 aromatic rings. The summed E-state index contributed by atoms with van der Waals surface area (Å²) in [5, 5.41) is 2.77. The number of carbonyl (C=O) groups is 2. The van der Waals surface area contributed by atoms with Gasteiger partial charge in [-0.15, -0.1) is 0 Å². The Bertz CT molecular complexity index is 2640. The average molecular weight is 1170 g/mol. The summed E-state index contributed by atoms with van der Waals surface area (Å²) in [6.07, 6.45) is 6.75. The number of benzene rings is 4. The van der Waals surface area contributed by atoms with Crippen molar-refractivity contribution in [2.45, 2.75) is 125 Å². The van der Waals surface area contributed by atoms with Gasteiger partial charge in [0, 0.05) is 32.3 Å². The molecule has 11 N–H and O–H groups in total. The molecule has 0 saturated heterocycles. The van der Waals surface area contributed by atoms with Crippen molar-refractivity contribution in [1.29, 1.82) is 0 Å². The van der Waals surface area contributed by atoms with Gasteiger partial charge in [-0.25, -0.2) is 4.79 Å². The molecule has 4 rings (SSSR count). The Hall–Kier alpha value is -6.01. The van der Waals surface area contributed by atoms with Crippen LogP contribution in [0.25, 0.3) is 0 Å². The summed E-state index contributed by atoms with van der Waals surface area (Å²) in [4.78, 5) is 36.4. The smallest absolute Gasteiger partial charge is 0.330 e. The van der Waals surface area contributed by atoms with Crippen LogP contribution >= 0.6 is 0 Å². The van der Waals surface area contributed by atoms with E-state index in [2.05, 4.69) is 20.3 Å². The van der Waals surface area contributed by atoms with Crippen LogP contribution in [0.5, 0.6) is 0 Å². The summed E-state index contributed by atoms with van der Waals surface area (Å²) < 4.78 is 129. The van der Waals surface area contributed by atoms with Gasteiger partial charge in [0.05, 0.1) is 57.1 Å². The summed E-state index contributed by atoms with van der Waals surface area (Å²) in [5.74, 6) is 0.613. The van der Waals surface area contributed by atoms with Crippen LogP contribution in [0.3, 0.4) is 0 Å². The number of hydrogen-bond donors (Lipinski definition) is 8. The number of amides is 1. The first-order chi connectivity index (χ1) is 36.3. The Morgan fingerprint density at radius 2 is 0.897 bits per heavy atom. The van der Waals surface area contributed by atoms with E-state index < -0.39 is 52.6 Å². The molecule has 0 spiro atoms. The maximum atomic E-state index is 12.1. The molecule has 0 saturated carbocycles. The molecule has 0 radical (unpaired) electrons. The molecule has 2 unspecified atom stereocenters. The number of rotatable bonds is 24. The van der Waals surface area contributed by atoms with E-state index in [1.807, 2.05) is 27.7 Å². The van der Waals surface area contributed by atoms with Crippen LogP contribution in [-0.2, 0) is 59.5 Å². The summed E-state index contributed by atoms with van der Waals surface area (Å²) in [6, 6.07) is 22.9. The van der Waals surface area contributed by atoms with E-state index in [-0.39, 0.29) is 31.5 Å². The Labute approximate surface area is 460 Å². The number of hydrogen-bond acceptors (Lipinski definition) is 16. The second-order valence-electron chi connectivity index (χ2n) is 17.1. The molecule has 1 amide bonds. The number of nitrogens with zero attached hydrogens (tertiary/aromatic N) is 3. The predicted octanol–water partition coefficient (Wildman–Crippen LogP) is 5.90. The third-order valence-corrected chi connectivity index (χ3v) is 13.4. The highest BCUT2D eigenvalue weighted by Gasteiger charge is 2.18. The second kappa shape index (κ2) is 37.7. The standard InChI is InChI=1S/C23H45N7O4.4C7H8O3S/c1-4-34-23(32)21(11-6-8-13-28-19(3)25)29-14-9-16-33-17-15-30-22(31)20(26)10-5-7-12-27-18(2)24;4*1-6-2-4-7(5-3-6)11(8,9)10/h14,20-21H,4-13,15-17,26H2,1-3H3,(H2,24,27)(H2,25,28)(H,30,31);4*2-5H,1H3,(H,8,9,10). The highest BCUT2D eigenvalue weighted by atomic mass is 32.2. The number of ether oxygens (including phenoxy) is 2. The van der Waals surface area contributed by atoms with Gasteiger partial charge in [-0.05, 0) is 136 Å². The van der Waals surface area contributed by atoms with Gasteiger partial charge in [0.1, 0.15) is 6.04 Å². The fraction of sp³-hybridized carbons (Fsp3) is 0.431. The molecule has 0 fully saturated rings. The highest BCUT2D eigenvalue weighted by Crippen LogP contribution is 2.12. The predicted molar refractivity (Wildman–Crippen MR) is 301 cm³/mol. The van der Waals surface area contributed by atoms with Crippen molar-refractivity contribution in [2.75, 3.05) is 39.5 Å². The zero-order valence-corrected chi connectivity index (χ0v) is 48.3. The van der Waals surface area contributed by atoms with Gasteiger partial charge in [-0.2, -0.15) is 33.7 Å². The lowest BCUT2D eigenvalue weighted by Crippen LogP contribution is -2.41. The summed E-state index contributed by atoms with van der Waals surface area (Å²) >= 11 is 0. The maximum absolute atomic E-state index is 12.1. The van der Waals surface area contributed by atoms with Crippen LogP contribution < -0.4 is 22.5 Å². The molecule has 0 heterocycles. The van der Waals surface area contributed by atoms with Gasteiger partial charge >= 0.3 is 5.97 Å². The van der Waals surface area contributed by atoms with Crippen molar-refractivity contribution in [3.05, 3.63) is 119 Å². The molecular weight excluding hydrogens is 1090 g/mol. The maximum Gasteiger partial charge on any atom is 0.330 e. The van der Waals surface area contributed by atoms with Crippen molar-refractivity contribution in [3.8, 4) is 0 Å². The van der Waals surface area contributed by atoms with E-state index in [0.29, 0.717) is 70.4 Å². The third-order valence-electron chi connectivity index (χ3n) is 9.92. The first-order valence-corrected chi connectivity index (χ1v) is 30.0. The van der Waals surface area contributed by atoms with Crippen molar-refractivity contribution < 1.29 is 70.9 Å². The minimum Gasteiger partial charge on any atom is -0.464 e. The van der Waals surface area contributed by atoms with E-state index >= 15 is 0 Å². The van der Waals surface area contributed by atoms with E-state index in [1.54, 1.807) is 75.5 Å². The highest BCUT2D eigenvalue weighted by molar-refractivity contribution is 7.86. The zero-order chi connectivity index (χ0) is 59.5. The molecule has 4 aromatic carbocycles. The molecular formula is C51H77N7O16S4. The van der Waals surface area contributed by atoms with Gasteiger partial charge in [0.25, 0.3) is 40.5 Å². The number of unbranched alkanes of at least 4 members (excludes halogenated alkanes) is 2. The fourth-order valence-electron chi connectivity index (χ4n) is 5.72. The molecule has 0 aliphatic heterocycles. The minimum absolute atomic E-state index is 0.0666. The number of aliphatic imine (C=N–C) groups is 3. The second-order valence-corrected chi connectivity index (χ2v) is 22.8. The topological polar surface area (TPSA) is 397 Å². The minimum atomic E-state index is -4.02. The quantitative estimate of drug-likeness (QED) is 0.0133. The van der Waals surface area contributed by atoms with Crippen LogP contribution in [0, 0.1) is 27.7 Å². The van der Waals surface area contributed by atoms with E-state index in [4.69, 9.17) is 44.9 Å². The monoisotopic (exact) mass is 1170 g/mol. The van der Waals surface area contributed by atoms with Crippen LogP contribution in [0.15, 0.2) is 132 Å². The van der Waals surface area contributed by atoms with Crippen molar-refractivity contribution in [3.63, 3.8) is 0 Å². The van der Waals surface area contributed by atoms with Crippen molar-refractivity contribution >= 4 is 70.2 Å².